The quantitative estimate of drug-likeness (QED) is 0.0494. The fourth-order valence-corrected chi connectivity index (χ4v) is 6.62. The van der Waals surface area contributed by atoms with Gasteiger partial charge < -0.3 is 41.0 Å². The Kier molecular flexibility index (Phi) is 16.5. The van der Waals surface area contributed by atoms with Crippen LogP contribution in [0.2, 0.25) is 0 Å². The van der Waals surface area contributed by atoms with Crippen molar-refractivity contribution in [3.63, 3.8) is 0 Å². The molecule has 14 heteroatoms. The molecule has 296 valence electrons. The maximum atomic E-state index is 13.1. The third kappa shape index (κ3) is 13.4. The van der Waals surface area contributed by atoms with Crippen LogP contribution in [0.15, 0.2) is 71.2 Å². The number of hydrogen-bond donors (Lipinski definition) is 6. The largest absolute Gasteiger partial charge is 0.493 e. The van der Waals surface area contributed by atoms with Gasteiger partial charge in [-0.05, 0) is 74.8 Å². The van der Waals surface area contributed by atoms with Crippen LogP contribution in [-0.2, 0) is 16.0 Å². The molecule has 0 radical (unpaired) electrons. The van der Waals surface area contributed by atoms with E-state index < -0.39 is 30.2 Å². The van der Waals surface area contributed by atoms with Gasteiger partial charge in [0.2, 0.25) is 5.91 Å². The van der Waals surface area contributed by atoms with E-state index in [1.54, 1.807) is 31.4 Å². The average molecular weight is 822 g/mol. The maximum Gasteiger partial charge on any atom is 0.404 e. The lowest BCUT2D eigenvalue weighted by molar-refractivity contribution is -0.135. The van der Waals surface area contributed by atoms with Crippen molar-refractivity contribution in [1.29, 1.82) is 0 Å². The lowest BCUT2D eigenvalue weighted by Crippen LogP contribution is -2.56. The molecular weight excluding hydrogens is 768 g/mol. The summed E-state index contributed by atoms with van der Waals surface area (Å²) in [7, 11) is 1.60. The molecule has 1 aromatic heterocycles. The average Bonchev–Trinajstić information content (AvgIpc) is 3.14. The van der Waals surface area contributed by atoms with Crippen LogP contribution in [0.1, 0.15) is 75.9 Å². The van der Waals surface area contributed by atoms with E-state index in [0.717, 1.165) is 52.2 Å². The van der Waals surface area contributed by atoms with Crippen molar-refractivity contribution in [1.82, 2.24) is 25.9 Å². The van der Waals surface area contributed by atoms with Gasteiger partial charge in [0.15, 0.2) is 17.6 Å². The Hall–Kier alpha value is -4.95. The summed E-state index contributed by atoms with van der Waals surface area (Å²) in [6.45, 7) is 8.68. The van der Waals surface area contributed by atoms with Crippen LogP contribution in [-0.4, -0.2) is 76.5 Å². The van der Waals surface area contributed by atoms with Crippen molar-refractivity contribution in [3.05, 3.63) is 88.2 Å². The van der Waals surface area contributed by atoms with E-state index >= 15 is 0 Å². The van der Waals surface area contributed by atoms with Gasteiger partial charge in [0.05, 0.1) is 31.3 Å². The highest BCUT2D eigenvalue weighted by molar-refractivity contribution is 9.10. The summed E-state index contributed by atoms with van der Waals surface area (Å²) in [5.74, 6) is 1.43. The van der Waals surface area contributed by atoms with Crippen LogP contribution < -0.4 is 30.7 Å². The fourth-order valence-electron chi connectivity index (χ4n) is 6.21. The van der Waals surface area contributed by atoms with Gasteiger partial charge in [-0.2, -0.15) is 0 Å². The molecule has 0 fully saturated rings. The maximum absolute atomic E-state index is 13.1. The molecule has 0 aliphatic rings. The molecule has 4 rings (SSSR count). The number of halogens is 1. The summed E-state index contributed by atoms with van der Waals surface area (Å²) >= 11 is 3.55. The Morgan fingerprint density at radius 3 is 2.31 bits per heavy atom. The summed E-state index contributed by atoms with van der Waals surface area (Å²) in [4.78, 5) is 46.9. The number of amides is 3. The molecule has 0 saturated carbocycles. The van der Waals surface area contributed by atoms with Gasteiger partial charge in [0.1, 0.15) is 17.7 Å². The van der Waals surface area contributed by atoms with Gasteiger partial charge >= 0.3 is 6.09 Å². The Morgan fingerprint density at radius 1 is 0.873 bits per heavy atom. The van der Waals surface area contributed by atoms with Crippen molar-refractivity contribution >= 4 is 50.6 Å². The molecule has 55 heavy (non-hydrogen) atoms. The molecule has 0 spiro atoms. The zero-order valence-corrected chi connectivity index (χ0v) is 33.7. The first-order valence-electron chi connectivity index (χ1n) is 18.6. The second kappa shape index (κ2) is 21.2. The highest BCUT2D eigenvalue weighted by atomic mass is 79.9. The molecular formula is C41H53BrN6O7. The number of anilines is 1. The SMILES string of the molecule is COc1cc2c(NC(C)c3cccc(Br)c3)nc(C)nc2cc1OCCCCCCNC(=O)C(CC(C)C)NC(=O)C(O)C(Cc1ccccc1)NC(=O)O. The smallest absolute Gasteiger partial charge is 0.404 e. The minimum absolute atomic E-state index is 0.000270. The predicted octanol–water partition coefficient (Wildman–Crippen LogP) is 6.71. The number of carbonyl (C=O) groups is 3. The first-order chi connectivity index (χ1) is 26.3. The second-order valence-electron chi connectivity index (χ2n) is 14.0. The van der Waals surface area contributed by atoms with Gasteiger partial charge in [-0.15, -0.1) is 0 Å². The van der Waals surface area contributed by atoms with E-state index in [4.69, 9.17) is 9.47 Å². The zero-order chi connectivity index (χ0) is 39.9. The molecule has 4 aromatic rings. The summed E-state index contributed by atoms with van der Waals surface area (Å²) < 4.78 is 12.8. The number of ether oxygens (including phenoxy) is 2. The Balaban J connectivity index is 1.24. The summed E-state index contributed by atoms with van der Waals surface area (Å²) in [5, 5.41) is 32.3. The molecule has 4 unspecified atom stereocenters. The fraction of sp³-hybridized carbons (Fsp3) is 0.439. The number of benzene rings is 3. The molecule has 0 aliphatic heterocycles. The number of hydrogen-bond acceptors (Lipinski definition) is 9. The van der Waals surface area contributed by atoms with Crippen LogP contribution in [0.5, 0.6) is 11.5 Å². The Morgan fingerprint density at radius 2 is 1.62 bits per heavy atom. The van der Waals surface area contributed by atoms with Gasteiger partial charge in [0.25, 0.3) is 5.91 Å². The Labute approximate surface area is 331 Å². The summed E-state index contributed by atoms with van der Waals surface area (Å²) in [6, 6.07) is 18.9. The molecule has 0 aliphatic carbocycles. The first-order valence-corrected chi connectivity index (χ1v) is 19.4. The van der Waals surface area contributed by atoms with Crippen molar-refractivity contribution in [2.45, 2.75) is 90.4 Å². The van der Waals surface area contributed by atoms with Crippen LogP contribution >= 0.6 is 15.9 Å². The normalized spacial score (nSPS) is 13.4. The van der Waals surface area contributed by atoms with E-state index in [0.29, 0.717) is 42.7 Å². The van der Waals surface area contributed by atoms with Gasteiger partial charge in [-0.3, -0.25) is 9.59 Å². The molecule has 1 heterocycles. The third-order valence-corrected chi connectivity index (χ3v) is 9.51. The number of carbonyl (C=O) groups excluding carboxylic acids is 2. The molecule has 0 bridgehead atoms. The van der Waals surface area contributed by atoms with E-state index in [-0.39, 0.29) is 24.3 Å². The van der Waals surface area contributed by atoms with Crippen molar-refractivity contribution < 1.29 is 34.1 Å². The second-order valence-corrected chi connectivity index (χ2v) is 14.9. The van der Waals surface area contributed by atoms with E-state index in [1.165, 1.54) is 0 Å². The lowest BCUT2D eigenvalue weighted by Gasteiger charge is -2.26. The predicted molar refractivity (Wildman–Crippen MR) is 216 cm³/mol. The summed E-state index contributed by atoms with van der Waals surface area (Å²) in [5.41, 5.74) is 2.61. The van der Waals surface area contributed by atoms with Crippen LogP contribution in [0.25, 0.3) is 10.9 Å². The molecule has 6 N–H and O–H groups in total. The zero-order valence-electron chi connectivity index (χ0n) is 32.1. The number of nitrogens with one attached hydrogen (secondary N) is 4. The number of aryl methyl sites for hydroxylation is 1. The molecule has 3 amide bonds. The summed E-state index contributed by atoms with van der Waals surface area (Å²) in [6.07, 6.45) is 0.618. The monoisotopic (exact) mass is 820 g/mol. The van der Waals surface area contributed by atoms with Crippen LogP contribution in [0.4, 0.5) is 10.6 Å². The number of methoxy groups -OCH3 is 1. The molecule has 0 saturated heterocycles. The number of carboxylic acid groups (broad SMARTS) is 1. The highest BCUT2D eigenvalue weighted by Gasteiger charge is 2.31. The molecule has 3 aromatic carbocycles. The highest BCUT2D eigenvalue weighted by Crippen LogP contribution is 2.35. The number of unbranched alkanes of at least 4 members (excludes halogenated alkanes) is 3. The number of aliphatic hydroxyl groups is 1. The van der Waals surface area contributed by atoms with Gasteiger partial charge in [0, 0.05) is 22.5 Å². The molecule has 4 atom stereocenters. The lowest BCUT2D eigenvalue weighted by atomic mass is 9.99. The minimum Gasteiger partial charge on any atom is -0.493 e. The van der Waals surface area contributed by atoms with Crippen molar-refractivity contribution in [3.8, 4) is 11.5 Å². The number of aromatic nitrogens is 2. The van der Waals surface area contributed by atoms with Crippen molar-refractivity contribution in [2.75, 3.05) is 25.6 Å². The van der Waals surface area contributed by atoms with Crippen LogP contribution in [0.3, 0.4) is 0 Å². The van der Waals surface area contributed by atoms with Crippen LogP contribution in [0, 0.1) is 12.8 Å². The number of nitrogens with zero attached hydrogens (tertiary/aromatic N) is 2. The minimum atomic E-state index is -1.70. The van der Waals surface area contributed by atoms with Crippen molar-refractivity contribution in [2.24, 2.45) is 5.92 Å². The number of fused-ring (bicyclic) bond motifs is 1. The van der Waals surface area contributed by atoms with E-state index in [1.807, 2.05) is 51.1 Å². The number of rotatable bonds is 21. The topological polar surface area (TPSA) is 184 Å². The third-order valence-electron chi connectivity index (χ3n) is 9.02. The standard InChI is InChI=1S/C41H53BrN6O7/c1-25(2)20-34(47-40(51)37(49)33(48-41(52)53)21-28-14-9-8-10-15-28)39(50)43-18-11-6-7-12-19-55-36-24-32-31(23-35(36)54-5)38(46-27(4)45-32)44-26(3)29-16-13-17-30(42)22-29/h8-10,13-17,22-26,33-34,37,48-49H,6-7,11-12,18-21H2,1-5H3,(H,43,50)(H,47,51)(H,52,53)(H,44,45,46). The van der Waals surface area contributed by atoms with E-state index in [2.05, 4.69) is 66.2 Å². The van der Waals surface area contributed by atoms with Gasteiger partial charge in [-0.1, -0.05) is 85.1 Å². The molecule has 13 nitrogen and oxygen atoms in total. The number of aliphatic hydroxyl groups excluding tert-OH is 1. The van der Waals surface area contributed by atoms with E-state index in [9.17, 15) is 24.6 Å². The van der Waals surface area contributed by atoms with Gasteiger partial charge in [-0.25, -0.2) is 14.8 Å². The first kappa shape index (κ1) is 42.8. The Bertz CT molecular complexity index is 1880.